The fourth-order valence-electron chi connectivity index (χ4n) is 2.14. The number of carbonyl (C=O) groups excluding carboxylic acids is 1. The molecule has 0 fully saturated rings. The molecule has 2 aromatic carbocycles. The number of nitrogens with zero attached hydrogens (tertiary/aromatic N) is 1. The van der Waals surface area contributed by atoms with Crippen LogP contribution >= 0.6 is 0 Å². The molecule has 2 rings (SSSR count). The number of aromatic hydroxyl groups is 1. The van der Waals surface area contributed by atoms with Gasteiger partial charge in [0.05, 0.1) is 12.8 Å². The molecule has 6 heteroatoms. The second kappa shape index (κ2) is 8.99. The van der Waals surface area contributed by atoms with Crippen molar-refractivity contribution in [2.24, 2.45) is 0 Å². The fraction of sp³-hybridized carbons (Fsp3) is 0.158. The summed E-state index contributed by atoms with van der Waals surface area (Å²) < 4.78 is 5.20. The highest BCUT2D eigenvalue weighted by Gasteiger charge is 2.09. The van der Waals surface area contributed by atoms with E-state index < -0.39 is 5.91 Å². The standard InChI is InChI=1S/C19H19N3O3/c1-25-18-5-3-2-4-17(18)22-13-15(12-20)19(24)21-11-10-14-6-8-16(23)9-7-14/h2-9,13,22-23H,10-11H2,1H3,(H,21,24)/b15-13-. The lowest BCUT2D eigenvalue weighted by molar-refractivity contribution is -0.117. The number of ether oxygens (including phenoxy) is 1. The number of hydrogen-bond donors (Lipinski definition) is 3. The van der Waals surface area contributed by atoms with E-state index >= 15 is 0 Å². The first-order valence-corrected chi connectivity index (χ1v) is 7.70. The summed E-state index contributed by atoms with van der Waals surface area (Å²) in [6.07, 6.45) is 1.96. The van der Waals surface area contributed by atoms with E-state index in [2.05, 4.69) is 10.6 Å². The smallest absolute Gasteiger partial charge is 0.263 e. The number of rotatable bonds is 7. The lowest BCUT2D eigenvalue weighted by atomic mass is 10.1. The minimum absolute atomic E-state index is 0.0309. The molecule has 0 saturated heterocycles. The largest absolute Gasteiger partial charge is 0.508 e. The van der Waals surface area contributed by atoms with Crippen LogP contribution in [0.4, 0.5) is 5.69 Å². The van der Waals surface area contributed by atoms with Crippen molar-refractivity contribution in [3.63, 3.8) is 0 Å². The van der Waals surface area contributed by atoms with Gasteiger partial charge in [-0.25, -0.2) is 0 Å². The van der Waals surface area contributed by atoms with E-state index in [1.807, 2.05) is 18.2 Å². The van der Waals surface area contributed by atoms with Gasteiger partial charge in [0, 0.05) is 12.7 Å². The number of carbonyl (C=O) groups is 1. The highest BCUT2D eigenvalue weighted by atomic mass is 16.5. The number of nitrogens with one attached hydrogen (secondary N) is 2. The van der Waals surface area contributed by atoms with Gasteiger partial charge in [-0.2, -0.15) is 5.26 Å². The van der Waals surface area contributed by atoms with Crippen LogP contribution in [0, 0.1) is 11.3 Å². The zero-order valence-corrected chi connectivity index (χ0v) is 13.8. The Balaban J connectivity index is 1.91. The average Bonchev–Trinajstić information content (AvgIpc) is 2.64. The molecule has 0 heterocycles. The first-order chi connectivity index (χ1) is 12.1. The van der Waals surface area contributed by atoms with Crippen LogP contribution < -0.4 is 15.4 Å². The number of phenols is 1. The average molecular weight is 337 g/mol. The molecule has 0 aromatic heterocycles. The van der Waals surface area contributed by atoms with Crippen LogP contribution in [-0.2, 0) is 11.2 Å². The van der Waals surface area contributed by atoms with Gasteiger partial charge in [0.1, 0.15) is 23.1 Å². The molecule has 0 radical (unpaired) electrons. The van der Waals surface area contributed by atoms with E-state index in [0.29, 0.717) is 24.4 Å². The minimum Gasteiger partial charge on any atom is -0.508 e. The fourth-order valence-corrected chi connectivity index (χ4v) is 2.14. The van der Waals surface area contributed by atoms with Gasteiger partial charge in [-0.05, 0) is 36.2 Å². The van der Waals surface area contributed by atoms with Crippen LogP contribution in [0.15, 0.2) is 60.3 Å². The molecule has 0 unspecified atom stereocenters. The highest BCUT2D eigenvalue weighted by molar-refractivity contribution is 5.97. The van der Waals surface area contributed by atoms with E-state index in [-0.39, 0.29) is 11.3 Å². The predicted molar refractivity (Wildman–Crippen MR) is 95.1 cm³/mol. The van der Waals surface area contributed by atoms with Crippen molar-refractivity contribution in [3.8, 4) is 17.6 Å². The van der Waals surface area contributed by atoms with Crippen molar-refractivity contribution < 1.29 is 14.6 Å². The Hall–Kier alpha value is -3.46. The number of amides is 1. The van der Waals surface area contributed by atoms with Gasteiger partial charge < -0.3 is 20.5 Å². The zero-order chi connectivity index (χ0) is 18.1. The number of benzene rings is 2. The molecule has 0 aliphatic heterocycles. The van der Waals surface area contributed by atoms with Crippen LogP contribution in [-0.4, -0.2) is 24.7 Å². The molecule has 1 amide bonds. The third kappa shape index (κ3) is 5.29. The van der Waals surface area contributed by atoms with Crippen LogP contribution in [0.5, 0.6) is 11.5 Å². The zero-order valence-electron chi connectivity index (χ0n) is 13.8. The topological polar surface area (TPSA) is 94.4 Å². The van der Waals surface area contributed by atoms with Crippen LogP contribution in [0.1, 0.15) is 5.56 Å². The summed E-state index contributed by atoms with van der Waals surface area (Å²) in [6, 6.07) is 15.8. The predicted octanol–water partition coefficient (Wildman–Crippen LogP) is 2.58. The van der Waals surface area contributed by atoms with Gasteiger partial charge in [0.2, 0.25) is 0 Å². The number of hydrogen-bond acceptors (Lipinski definition) is 5. The number of anilines is 1. The third-order valence-electron chi connectivity index (χ3n) is 3.48. The molecular formula is C19H19N3O3. The van der Waals surface area contributed by atoms with E-state index in [1.54, 1.807) is 43.5 Å². The lowest BCUT2D eigenvalue weighted by Gasteiger charge is -2.08. The summed E-state index contributed by atoms with van der Waals surface area (Å²) in [7, 11) is 1.55. The summed E-state index contributed by atoms with van der Waals surface area (Å²) >= 11 is 0. The van der Waals surface area contributed by atoms with Crippen molar-refractivity contribution in [1.29, 1.82) is 5.26 Å². The van der Waals surface area contributed by atoms with E-state index in [4.69, 9.17) is 10.00 Å². The molecule has 0 aliphatic carbocycles. The van der Waals surface area contributed by atoms with Gasteiger partial charge in [0.15, 0.2) is 0 Å². The second-order valence-electron chi connectivity index (χ2n) is 5.19. The quantitative estimate of drug-likeness (QED) is 0.533. The molecular weight excluding hydrogens is 318 g/mol. The Morgan fingerprint density at radius 2 is 1.96 bits per heavy atom. The summed E-state index contributed by atoms with van der Waals surface area (Å²) in [5.74, 6) is 0.359. The van der Waals surface area contributed by atoms with Gasteiger partial charge in [-0.3, -0.25) is 4.79 Å². The first-order valence-electron chi connectivity index (χ1n) is 7.70. The molecule has 0 aliphatic rings. The Bertz CT molecular complexity index is 792. The Labute approximate surface area is 146 Å². The molecule has 0 saturated carbocycles. The van der Waals surface area contributed by atoms with Crippen LogP contribution in [0.25, 0.3) is 0 Å². The molecule has 25 heavy (non-hydrogen) atoms. The summed E-state index contributed by atoms with van der Waals surface area (Å²) in [4.78, 5) is 12.1. The van der Waals surface area contributed by atoms with Gasteiger partial charge in [0.25, 0.3) is 5.91 Å². The lowest BCUT2D eigenvalue weighted by Crippen LogP contribution is -2.27. The number of para-hydroxylation sites is 2. The van der Waals surface area contributed by atoms with Gasteiger partial charge in [-0.15, -0.1) is 0 Å². The monoisotopic (exact) mass is 337 g/mol. The SMILES string of the molecule is COc1ccccc1N/C=C(/C#N)C(=O)NCCc1ccc(O)cc1. The second-order valence-corrected chi connectivity index (χ2v) is 5.19. The number of methoxy groups -OCH3 is 1. The molecule has 0 bridgehead atoms. The Morgan fingerprint density at radius 3 is 2.64 bits per heavy atom. The number of nitriles is 1. The molecule has 128 valence electrons. The third-order valence-corrected chi connectivity index (χ3v) is 3.48. The van der Waals surface area contributed by atoms with Gasteiger partial charge >= 0.3 is 0 Å². The van der Waals surface area contributed by atoms with E-state index in [1.165, 1.54) is 6.20 Å². The highest BCUT2D eigenvalue weighted by Crippen LogP contribution is 2.23. The normalized spacial score (nSPS) is 10.6. The molecule has 2 aromatic rings. The van der Waals surface area contributed by atoms with Crippen molar-refractivity contribution in [2.75, 3.05) is 19.0 Å². The van der Waals surface area contributed by atoms with Crippen molar-refractivity contribution in [1.82, 2.24) is 5.32 Å². The van der Waals surface area contributed by atoms with E-state index in [0.717, 1.165) is 5.56 Å². The van der Waals surface area contributed by atoms with Crippen LogP contribution in [0.3, 0.4) is 0 Å². The number of phenolic OH excluding ortho intramolecular Hbond substituents is 1. The maximum absolute atomic E-state index is 12.1. The van der Waals surface area contributed by atoms with Crippen LogP contribution in [0.2, 0.25) is 0 Å². The molecule has 6 nitrogen and oxygen atoms in total. The summed E-state index contributed by atoms with van der Waals surface area (Å²) in [5, 5.41) is 24.0. The Morgan fingerprint density at radius 1 is 1.24 bits per heavy atom. The molecule has 3 N–H and O–H groups in total. The molecule has 0 spiro atoms. The Kier molecular flexibility index (Phi) is 6.43. The first kappa shape index (κ1) is 17.9. The van der Waals surface area contributed by atoms with Crippen molar-refractivity contribution in [2.45, 2.75) is 6.42 Å². The van der Waals surface area contributed by atoms with Crippen molar-refractivity contribution in [3.05, 3.63) is 65.9 Å². The van der Waals surface area contributed by atoms with Crippen molar-refractivity contribution >= 4 is 11.6 Å². The summed E-state index contributed by atoms with van der Waals surface area (Å²) in [5.41, 5.74) is 1.61. The molecule has 0 atom stereocenters. The summed E-state index contributed by atoms with van der Waals surface area (Å²) in [6.45, 7) is 0.386. The van der Waals surface area contributed by atoms with Gasteiger partial charge in [-0.1, -0.05) is 24.3 Å². The van der Waals surface area contributed by atoms with E-state index in [9.17, 15) is 9.90 Å². The maximum Gasteiger partial charge on any atom is 0.263 e. The minimum atomic E-state index is -0.455. The maximum atomic E-state index is 12.1.